The first-order chi connectivity index (χ1) is 15.4. The van der Waals surface area contributed by atoms with E-state index in [1.807, 2.05) is 31.2 Å². The predicted molar refractivity (Wildman–Crippen MR) is 129 cm³/mol. The van der Waals surface area contributed by atoms with Crippen molar-refractivity contribution in [3.8, 4) is 0 Å². The van der Waals surface area contributed by atoms with Crippen LogP contribution in [0.2, 0.25) is 0 Å². The topological polar surface area (TPSA) is 49.4 Å². The normalized spacial score (nSPS) is 15.2. The lowest BCUT2D eigenvalue weighted by Gasteiger charge is -2.31. The van der Waals surface area contributed by atoms with Crippen molar-refractivity contribution >= 4 is 23.6 Å². The molecule has 3 rings (SSSR count). The minimum atomic E-state index is -0.570. The Kier molecular flexibility index (Phi) is 9.15. The van der Waals surface area contributed by atoms with E-state index < -0.39 is 6.04 Å². The van der Waals surface area contributed by atoms with Gasteiger partial charge in [-0.25, -0.2) is 4.39 Å². The highest BCUT2D eigenvalue weighted by atomic mass is 32.2. The van der Waals surface area contributed by atoms with Crippen LogP contribution >= 0.6 is 11.8 Å². The zero-order chi connectivity index (χ0) is 22.9. The highest BCUT2D eigenvalue weighted by Gasteiger charge is 2.28. The van der Waals surface area contributed by atoms with Crippen molar-refractivity contribution in [3.63, 3.8) is 0 Å². The van der Waals surface area contributed by atoms with Crippen LogP contribution in [0.3, 0.4) is 0 Å². The van der Waals surface area contributed by atoms with E-state index in [-0.39, 0.29) is 29.4 Å². The molecule has 1 atom stereocenters. The van der Waals surface area contributed by atoms with Gasteiger partial charge in [0, 0.05) is 18.3 Å². The van der Waals surface area contributed by atoms with Crippen LogP contribution in [0.5, 0.6) is 0 Å². The van der Waals surface area contributed by atoms with E-state index in [0.29, 0.717) is 17.9 Å². The van der Waals surface area contributed by atoms with Crippen molar-refractivity contribution in [1.82, 2.24) is 10.2 Å². The lowest BCUT2D eigenvalue weighted by atomic mass is 9.95. The zero-order valence-corrected chi connectivity index (χ0v) is 19.8. The molecule has 2 aromatic carbocycles. The van der Waals surface area contributed by atoms with Gasteiger partial charge in [0.15, 0.2) is 0 Å². The number of hydrogen-bond acceptors (Lipinski definition) is 3. The maximum absolute atomic E-state index is 13.9. The van der Waals surface area contributed by atoms with Gasteiger partial charge in [-0.1, -0.05) is 67.3 Å². The van der Waals surface area contributed by atoms with Crippen molar-refractivity contribution in [2.45, 2.75) is 70.3 Å². The summed E-state index contributed by atoms with van der Waals surface area (Å²) in [5.41, 5.74) is 2.72. The lowest BCUT2D eigenvalue weighted by Crippen LogP contribution is -2.50. The fourth-order valence-corrected chi connectivity index (χ4v) is 4.88. The standard InChI is InChI=1S/C26H33FN2O2S/c1-19-12-14-21(15-13-19)16-29(20(2)26(31)28-23-9-4-3-5-10-23)25(30)18-32-17-22-8-6-7-11-24(22)27/h6-8,11-15,20,23H,3-5,9-10,16-18H2,1-2H3,(H,28,31). The molecule has 2 aromatic rings. The van der Waals surface area contributed by atoms with Crippen LogP contribution in [0.1, 0.15) is 55.7 Å². The van der Waals surface area contributed by atoms with Crippen molar-refractivity contribution in [1.29, 1.82) is 0 Å². The summed E-state index contributed by atoms with van der Waals surface area (Å²) < 4.78 is 13.9. The molecule has 2 amide bonds. The van der Waals surface area contributed by atoms with E-state index in [4.69, 9.17) is 0 Å². The van der Waals surface area contributed by atoms with Gasteiger partial charge in [0.2, 0.25) is 11.8 Å². The average molecular weight is 457 g/mol. The molecule has 1 aliphatic rings. The van der Waals surface area contributed by atoms with E-state index >= 15 is 0 Å². The number of amides is 2. The summed E-state index contributed by atoms with van der Waals surface area (Å²) in [4.78, 5) is 27.8. The molecule has 6 heteroatoms. The molecule has 0 saturated heterocycles. The van der Waals surface area contributed by atoms with Gasteiger partial charge in [-0.15, -0.1) is 11.8 Å². The number of carbonyl (C=O) groups excluding carboxylic acids is 2. The van der Waals surface area contributed by atoms with Crippen LogP contribution in [0.25, 0.3) is 0 Å². The summed E-state index contributed by atoms with van der Waals surface area (Å²) >= 11 is 1.37. The summed E-state index contributed by atoms with van der Waals surface area (Å²) in [6, 6.07) is 14.3. The number of halogens is 1. The van der Waals surface area contributed by atoms with Crippen molar-refractivity contribution in [3.05, 3.63) is 71.0 Å². The van der Waals surface area contributed by atoms with Crippen LogP contribution in [0.4, 0.5) is 4.39 Å². The molecule has 1 fully saturated rings. The average Bonchev–Trinajstić information content (AvgIpc) is 2.80. The van der Waals surface area contributed by atoms with E-state index in [9.17, 15) is 14.0 Å². The Hall–Kier alpha value is -2.34. The highest BCUT2D eigenvalue weighted by molar-refractivity contribution is 7.99. The second kappa shape index (κ2) is 12.0. The first-order valence-corrected chi connectivity index (χ1v) is 12.6. The molecule has 0 aliphatic heterocycles. The molecule has 4 nitrogen and oxygen atoms in total. The molecule has 172 valence electrons. The molecule has 0 bridgehead atoms. The number of carbonyl (C=O) groups is 2. The molecule has 1 saturated carbocycles. The summed E-state index contributed by atoms with van der Waals surface area (Å²) in [5.74, 6) is 0.139. The van der Waals surface area contributed by atoms with Crippen molar-refractivity contribution in [2.75, 3.05) is 5.75 Å². The molecule has 0 heterocycles. The Morgan fingerprint density at radius 1 is 1.09 bits per heavy atom. The van der Waals surface area contributed by atoms with Crippen LogP contribution in [0, 0.1) is 12.7 Å². The fraction of sp³-hybridized carbons (Fsp3) is 0.462. The number of nitrogens with one attached hydrogen (secondary N) is 1. The van der Waals surface area contributed by atoms with E-state index in [0.717, 1.165) is 36.8 Å². The summed E-state index contributed by atoms with van der Waals surface area (Å²) in [6.07, 6.45) is 5.50. The molecule has 1 N–H and O–H groups in total. The Balaban J connectivity index is 1.65. The highest BCUT2D eigenvalue weighted by Crippen LogP contribution is 2.20. The number of nitrogens with zero attached hydrogens (tertiary/aromatic N) is 1. The van der Waals surface area contributed by atoms with Crippen LogP contribution in [0.15, 0.2) is 48.5 Å². The summed E-state index contributed by atoms with van der Waals surface area (Å²) in [5, 5.41) is 3.15. The van der Waals surface area contributed by atoms with Crippen LogP contribution in [-0.2, 0) is 21.9 Å². The zero-order valence-electron chi connectivity index (χ0n) is 19.0. The quantitative estimate of drug-likeness (QED) is 0.562. The Morgan fingerprint density at radius 3 is 2.47 bits per heavy atom. The second-order valence-corrected chi connectivity index (χ2v) is 9.60. The van der Waals surface area contributed by atoms with Crippen molar-refractivity contribution < 1.29 is 14.0 Å². The molecule has 0 spiro atoms. The molecule has 1 aliphatic carbocycles. The smallest absolute Gasteiger partial charge is 0.242 e. The van der Waals surface area contributed by atoms with Gasteiger partial charge in [0.25, 0.3) is 0 Å². The molecule has 0 radical (unpaired) electrons. The molecule has 1 unspecified atom stereocenters. The lowest BCUT2D eigenvalue weighted by molar-refractivity contribution is -0.139. The van der Waals surface area contributed by atoms with Gasteiger partial charge in [0.1, 0.15) is 11.9 Å². The number of hydrogen-bond donors (Lipinski definition) is 1. The Morgan fingerprint density at radius 2 is 1.78 bits per heavy atom. The molecule has 32 heavy (non-hydrogen) atoms. The maximum atomic E-state index is 13.9. The SMILES string of the molecule is Cc1ccc(CN(C(=O)CSCc2ccccc2F)C(C)C(=O)NC2CCCCC2)cc1. The first-order valence-electron chi connectivity index (χ1n) is 11.4. The number of benzene rings is 2. The third-order valence-electron chi connectivity index (χ3n) is 6.03. The molecular weight excluding hydrogens is 423 g/mol. The molecule has 0 aromatic heterocycles. The van der Waals surface area contributed by atoms with E-state index in [2.05, 4.69) is 5.32 Å². The second-order valence-electron chi connectivity index (χ2n) is 8.61. The minimum Gasteiger partial charge on any atom is -0.352 e. The van der Waals surface area contributed by atoms with Gasteiger partial charge in [-0.05, 0) is 43.9 Å². The number of aryl methyl sites for hydroxylation is 1. The predicted octanol–water partition coefficient (Wildman–Crippen LogP) is 5.23. The fourth-order valence-electron chi connectivity index (χ4n) is 3.99. The third-order valence-corrected chi connectivity index (χ3v) is 7.00. The van der Waals surface area contributed by atoms with E-state index in [1.54, 1.807) is 30.0 Å². The summed E-state index contributed by atoms with van der Waals surface area (Å²) in [6.45, 7) is 4.19. The van der Waals surface area contributed by atoms with Gasteiger partial charge in [-0.2, -0.15) is 0 Å². The third kappa shape index (κ3) is 7.09. The van der Waals surface area contributed by atoms with Gasteiger partial charge >= 0.3 is 0 Å². The van der Waals surface area contributed by atoms with Gasteiger partial charge in [-0.3, -0.25) is 9.59 Å². The van der Waals surface area contributed by atoms with E-state index in [1.165, 1.54) is 24.2 Å². The number of rotatable bonds is 9. The Bertz CT molecular complexity index is 897. The monoisotopic (exact) mass is 456 g/mol. The van der Waals surface area contributed by atoms with Crippen LogP contribution < -0.4 is 5.32 Å². The van der Waals surface area contributed by atoms with Crippen molar-refractivity contribution in [2.24, 2.45) is 0 Å². The molecular formula is C26H33FN2O2S. The van der Waals surface area contributed by atoms with Gasteiger partial charge in [0.05, 0.1) is 5.75 Å². The first kappa shape index (κ1) is 24.3. The maximum Gasteiger partial charge on any atom is 0.242 e. The Labute approximate surface area is 195 Å². The minimum absolute atomic E-state index is 0.100. The largest absolute Gasteiger partial charge is 0.352 e. The van der Waals surface area contributed by atoms with Crippen LogP contribution in [-0.4, -0.2) is 34.6 Å². The summed E-state index contributed by atoms with van der Waals surface area (Å²) in [7, 11) is 0. The number of thioether (sulfide) groups is 1. The van der Waals surface area contributed by atoms with Gasteiger partial charge < -0.3 is 10.2 Å².